The van der Waals surface area contributed by atoms with E-state index >= 15 is 0 Å². The molecular weight excluding hydrogens is 350 g/mol. The molecule has 2 rings (SSSR count). The van der Waals surface area contributed by atoms with E-state index in [4.69, 9.17) is 0 Å². The van der Waals surface area contributed by atoms with E-state index in [1.807, 2.05) is 13.8 Å². The van der Waals surface area contributed by atoms with Gasteiger partial charge in [-0.25, -0.2) is 21.6 Å². The summed E-state index contributed by atoms with van der Waals surface area (Å²) in [5, 5.41) is 0. The number of rotatable bonds is 7. The molecule has 9 heteroatoms. The summed E-state index contributed by atoms with van der Waals surface area (Å²) in [5.41, 5.74) is 0. The van der Waals surface area contributed by atoms with Crippen molar-refractivity contribution in [1.82, 2.24) is 14.0 Å². The van der Waals surface area contributed by atoms with Crippen LogP contribution >= 0.6 is 0 Å². The largest absolute Gasteiger partial charge is 0.263 e. The molecule has 1 aromatic rings. The molecule has 0 spiro atoms. The van der Waals surface area contributed by atoms with E-state index in [-0.39, 0.29) is 22.5 Å². The van der Waals surface area contributed by atoms with Gasteiger partial charge in [0, 0.05) is 32.0 Å². The Kier molecular flexibility index (Phi) is 6.35. The average Bonchev–Trinajstić information content (AvgIpc) is 2.53. The van der Waals surface area contributed by atoms with Crippen LogP contribution in [0.15, 0.2) is 29.4 Å². The SMILES string of the molecule is CC(C)CS(=O)(=O)NCC1CCN(S(=O)(=O)c2cccnc2)CC1. The van der Waals surface area contributed by atoms with Gasteiger partial charge in [0.2, 0.25) is 20.0 Å². The predicted octanol–water partition coefficient (Wildman–Crippen LogP) is 1.06. The van der Waals surface area contributed by atoms with E-state index in [0.29, 0.717) is 32.5 Å². The van der Waals surface area contributed by atoms with Crippen molar-refractivity contribution in [3.8, 4) is 0 Å². The second-order valence-electron chi connectivity index (χ2n) is 6.56. The number of hydrogen-bond acceptors (Lipinski definition) is 5. The van der Waals surface area contributed by atoms with Crippen molar-refractivity contribution < 1.29 is 16.8 Å². The van der Waals surface area contributed by atoms with Crippen LogP contribution in [0.3, 0.4) is 0 Å². The Morgan fingerprint density at radius 1 is 1.25 bits per heavy atom. The molecule has 1 N–H and O–H groups in total. The lowest BCUT2D eigenvalue weighted by atomic mass is 9.99. The van der Waals surface area contributed by atoms with Crippen molar-refractivity contribution >= 4 is 20.0 Å². The molecule has 1 aromatic heterocycles. The summed E-state index contributed by atoms with van der Waals surface area (Å²) < 4.78 is 52.8. The van der Waals surface area contributed by atoms with Crippen molar-refractivity contribution in [2.45, 2.75) is 31.6 Å². The quantitative estimate of drug-likeness (QED) is 0.769. The first-order valence-electron chi connectivity index (χ1n) is 8.08. The fourth-order valence-electron chi connectivity index (χ4n) is 2.75. The Balaban J connectivity index is 1.88. The number of aromatic nitrogens is 1. The summed E-state index contributed by atoms with van der Waals surface area (Å²) in [5.74, 6) is 0.350. The summed E-state index contributed by atoms with van der Waals surface area (Å²) >= 11 is 0. The molecule has 0 unspecified atom stereocenters. The molecule has 1 saturated heterocycles. The molecular formula is C15H25N3O4S2. The summed E-state index contributed by atoms with van der Waals surface area (Å²) in [6.07, 6.45) is 4.17. The van der Waals surface area contributed by atoms with E-state index in [1.165, 1.54) is 22.8 Å². The van der Waals surface area contributed by atoms with Crippen molar-refractivity contribution in [2.24, 2.45) is 11.8 Å². The molecule has 0 bridgehead atoms. The smallest absolute Gasteiger partial charge is 0.244 e. The molecule has 0 aromatic carbocycles. The van der Waals surface area contributed by atoms with Gasteiger partial charge in [0.15, 0.2) is 0 Å². The normalized spacial score (nSPS) is 18.1. The summed E-state index contributed by atoms with van der Waals surface area (Å²) in [6.45, 7) is 4.89. The highest BCUT2D eigenvalue weighted by molar-refractivity contribution is 7.89. The van der Waals surface area contributed by atoms with Gasteiger partial charge in [-0.1, -0.05) is 13.8 Å². The minimum absolute atomic E-state index is 0.0778. The van der Waals surface area contributed by atoms with Crippen LogP contribution in [0.2, 0.25) is 0 Å². The predicted molar refractivity (Wildman–Crippen MR) is 92.3 cm³/mol. The van der Waals surface area contributed by atoms with Crippen LogP contribution < -0.4 is 4.72 Å². The molecule has 0 saturated carbocycles. The van der Waals surface area contributed by atoms with E-state index in [0.717, 1.165) is 0 Å². The highest BCUT2D eigenvalue weighted by Gasteiger charge is 2.29. The highest BCUT2D eigenvalue weighted by atomic mass is 32.2. The molecule has 0 amide bonds. The monoisotopic (exact) mass is 375 g/mol. The fraction of sp³-hybridized carbons (Fsp3) is 0.667. The van der Waals surface area contributed by atoms with Crippen LogP contribution in [0.25, 0.3) is 0 Å². The third kappa shape index (κ3) is 5.23. The van der Waals surface area contributed by atoms with Gasteiger partial charge in [-0.2, -0.15) is 4.31 Å². The molecule has 0 radical (unpaired) electrons. The van der Waals surface area contributed by atoms with Crippen LogP contribution in [0.5, 0.6) is 0 Å². The maximum absolute atomic E-state index is 12.5. The first-order chi connectivity index (χ1) is 11.2. The molecule has 1 fully saturated rings. The molecule has 1 aliphatic heterocycles. The Labute approximate surface area is 144 Å². The zero-order valence-electron chi connectivity index (χ0n) is 14.1. The minimum Gasteiger partial charge on any atom is -0.263 e. The maximum Gasteiger partial charge on any atom is 0.244 e. The zero-order chi connectivity index (χ0) is 17.8. The van der Waals surface area contributed by atoms with Gasteiger partial charge in [-0.15, -0.1) is 0 Å². The Bertz CT molecular complexity index is 725. The lowest BCUT2D eigenvalue weighted by molar-refractivity contribution is 0.274. The molecule has 24 heavy (non-hydrogen) atoms. The molecule has 7 nitrogen and oxygen atoms in total. The van der Waals surface area contributed by atoms with Crippen LogP contribution in [0.1, 0.15) is 26.7 Å². The van der Waals surface area contributed by atoms with Gasteiger partial charge < -0.3 is 0 Å². The van der Waals surface area contributed by atoms with Crippen LogP contribution in [0.4, 0.5) is 0 Å². The number of hydrogen-bond donors (Lipinski definition) is 1. The molecule has 0 aliphatic carbocycles. The van der Waals surface area contributed by atoms with Crippen molar-refractivity contribution in [3.05, 3.63) is 24.5 Å². The van der Waals surface area contributed by atoms with Crippen LogP contribution in [-0.2, 0) is 20.0 Å². The minimum atomic E-state index is -3.51. The number of sulfonamides is 2. The van der Waals surface area contributed by atoms with Gasteiger partial charge in [-0.05, 0) is 36.8 Å². The third-order valence-corrected chi connectivity index (χ3v) is 7.58. The number of nitrogens with zero attached hydrogens (tertiary/aromatic N) is 2. The first kappa shape index (κ1) is 19.3. The Hall–Kier alpha value is -1.03. The lowest BCUT2D eigenvalue weighted by Gasteiger charge is -2.31. The average molecular weight is 376 g/mol. The second-order valence-corrected chi connectivity index (χ2v) is 10.3. The van der Waals surface area contributed by atoms with Crippen molar-refractivity contribution in [3.63, 3.8) is 0 Å². The van der Waals surface area contributed by atoms with Crippen LogP contribution in [-0.4, -0.2) is 51.5 Å². The van der Waals surface area contributed by atoms with Gasteiger partial charge >= 0.3 is 0 Å². The summed E-state index contributed by atoms with van der Waals surface area (Å²) in [4.78, 5) is 4.05. The maximum atomic E-state index is 12.5. The van der Waals surface area contributed by atoms with Gasteiger partial charge in [0.05, 0.1) is 5.75 Å². The van der Waals surface area contributed by atoms with E-state index in [9.17, 15) is 16.8 Å². The van der Waals surface area contributed by atoms with Gasteiger partial charge in [0.25, 0.3) is 0 Å². The number of nitrogens with one attached hydrogen (secondary N) is 1. The first-order valence-corrected chi connectivity index (χ1v) is 11.2. The van der Waals surface area contributed by atoms with E-state index in [2.05, 4.69) is 9.71 Å². The fourth-order valence-corrected chi connectivity index (χ4v) is 5.66. The standard InChI is InChI=1S/C15H25N3O4S2/c1-13(2)12-23(19,20)17-10-14-5-8-18(9-6-14)24(21,22)15-4-3-7-16-11-15/h3-4,7,11,13-14,17H,5-6,8-10,12H2,1-2H3. The Morgan fingerprint density at radius 2 is 1.92 bits per heavy atom. The van der Waals surface area contributed by atoms with Crippen molar-refractivity contribution in [1.29, 1.82) is 0 Å². The van der Waals surface area contributed by atoms with E-state index in [1.54, 1.807) is 6.07 Å². The molecule has 0 atom stereocenters. The molecule has 2 heterocycles. The molecule has 136 valence electrons. The third-order valence-electron chi connectivity index (χ3n) is 3.99. The second kappa shape index (κ2) is 7.90. The molecule has 1 aliphatic rings. The van der Waals surface area contributed by atoms with E-state index < -0.39 is 20.0 Å². The highest BCUT2D eigenvalue weighted by Crippen LogP contribution is 2.23. The topological polar surface area (TPSA) is 96.4 Å². The summed E-state index contributed by atoms with van der Waals surface area (Å²) in [6, 6.07) is 3.14. The summed E-state index contributed by atoms with van der Waals surface area (Å²) in [7, 11) is -6.77. The number of piperidine rings is 1. The van der Waals surface area contributed by atoms with Gasteiger partial charge in [-0.3, -0.25) is 4.98 Å². The number of pyridine rings is 1. The van der Waals surface area contributed by atoms with Crippen LogP contribution in [0, 0.1) is 11.8 Å². The Morgan fingerprint density at radius 3 is 2.46 bits per heavy atom. The lowest BCUT2D eigenvalue weighted by Crippen LogP contribution is -2.42. The zero-order valence-corrected chi connectivity index (χ0v) is 15.7. The van der Waals surface area contributed by atoms with Gasteiger partial charge in [0.1, 0.15) is 4.90 Å². The van der Waals surface area contributed by atoms with Crippen molar-refractivity contribution in [2.75, 3.05) is 25.4 Å².